The number of amides is 3. The van der Waals surface area contributed by atoms with E-state index >= 15 is 0 Å². The maximum absolute atomic E-state index is 13.3. The topological polar surface area (TPSA) is 97.1 Å². The molecule has 36 heavy (non-hydrogen) atoms. The highest BCUT2D eigenvalue weighted by Crippen LogP contribution is 2.39. The molecule has 3 amide bonds. The summed E-state index contributed by atoms with van der Waals surface area (Å²) in [4.78, 5) is 28.7. The fourth-order valence-electron chi connectivity index (χ4n) is 5.17. The number of urea groups is 1. The zero-order chi connectivity index (χ0) is 25.2. The monoisotopic (exact) mass is 494 g/mol. The molecule has 3 N–H and O–H groups in total. The number of likely N-dealkylation sites (tertiary alicyclic amines) is 1. The highest BCUT2D eigenvalue weighted by atomic mass is 16.5. The van der Waals surface area contributed by atoms with Crippen LogP contribution in [0.1, 0.15) is 42.7 Å². The van der Waals surface area contributed by atoms with E-state index in [9.17, 15) is 9.59 Å². The van der Waals surface area contributed by atoms with Gasteiger partial charge < -0.3 is 30.3 Å². The minimum Gasteiger partial charge on any atom is -0.492 e. The number of hydrogen-bond acceptors (Lipinski definition) is 5. The van der Waals surface area contributed by atoms with Gasteiger partial charge in [0.2, 0.25) is 5.91 Å². The third-order valence-corrected chi connectivity index (χ3v) is 6.97. The molecule has 2 aromatic carbocycles. The number of rotatable bonds is 6. The molecule has 2 heterocycles. The maximum atomic E-state index is 13.3. The Bertz CT molecular complexity index is 979. The Hall–Kier alpha value is -3.10. The third kappa shape index (κ3) is 6.98. The Labute approximate surface area is 213 Å². The normalized spacial score (nSPS) is 18.9. The second-order valence-electron chi connectivity index (χ2n) is 9.50. The van der Waals surface area contributed by atoms with Gasteiger partial charge in [0.25, 0.3) is 0 Å². The Kier molecular flexibility index (Phi) is 9.58. The number of piperidine rings is 1. The molecule has 2 aliphatic heterocycles. The number of hydrogen-bond donors (Lipinski definition) is 2. The lowest BCUT2D eigenvalue weighted by Gasteiger charge is -2.39. The van der Waals surface area contributed by atoms with Crippen LogP contribution in [0.15, 0.2) is 54.6 Å². The van der Waals surface area contributed by atoms with Crippen LogP contribution < -0.4 is 15.8 Å². The smallest absolute Gasteiger partial charge is 0.321 e. The molecule has 194 valence electrons. The van der Waals surface area contributed by atoms with Crippen molar-refractivity contribution in [1.82, 2.24) is 15.1 Å². The van der Waals surface area contributed by atoms with Gasteiger partial charge in [0, 0.05) is 38.6 Å². The average Bonchev–Trinajstić information content (AvgIpc) is 2.92. The van der Waals surface area contributed by atoms with E-state index in [2.05, 4.69) is 41.7 Å². The van der Waals surface area contributed by atoms with Gasteiger partial charge in [-0.3, -0.25) is 4.79 Å². The van der Waals surface area contributed by atoms with E-state index in [0.29, 0.717) is 45.2 Å². The molecule has 1 unspecified atom stereocenters. The molecule has 2 saturated heterocycles. The molecule has 4 rings (SSSR count). The van der Waals surface area contributed by atoms with Crippen molar-refractivity contribution in [3.63, 3.8) is 0 Å². The predicted molar refractivity (Wildman–Crippen MR) is 139 cm³/mol. The van der Waals surface area contributed by atoms with Crippen molar-refractivity contribution in [3.8, 4) is 5.75 Å². The molecule has 0 aliphatic carbocycles. The molecule has 0 bridgehead atoms. The largest absolute Gasteiger partial charge is 0.492 e. The van der Waals surface area contributed by atoms with Crippen molar-refractivity contribution in [3.05, 3.63) is 65.7 Å². The van der Waals surface area contributed by atoms with Crippen LogP contribution >= 0.6 is 0 Å². The number of ether oxygens (including phenoxy) is 2. The number of carbonyl (C=O) groups excluding carboxylic acids is 2. The van der Waals surface area contributed by atoms with Crippen molar-refractivity contribution in [1.29, 1.82) is 0 Å². The van der Waals surface area contributed by atoms with Gasteiger partial charge in [-0.15, -0.1) is 0 Å². The van der Waals surface area contributed by atoms with Crippen LogP contribution in [0.25, 0.3) is 0 Å². The summed E-state index contributed by atoms with van der Waals surface area (Å²) in [5, 5.41) is 2.82. The Balaban J connectivity index is 1.44. The molecule has 2 aliphatic rings. The van der Waals surface area contributed by atoms with E-state index in [1.807, 2.05) is 23.1 Å². The molecular formula is C28H38N4O4. The number of nitrogens with two attached hydrogens (primary N) is 1. The highest BCUT2D eigenvalue weighted by molar-refractivity contribution is 5.77. The van der Waals surface area contributed by atoms with Crippen LogP contribution in [0.4, 0.5) is 4.79 Å². The quantitative estimate of drug-likeness (QED) is 0.643. The molecule has 0 spiro atoms. The van der Waals surface area contributed by atoms with Gasteiger partial charge in [-0.2, -0.15) is 0 Å². The molecule has 1 atom stereocenters. The van der Waals surface area contributed by atoms with Crippen molar-refractivity contribution in [2.24, 2.45) is 11.7 Å². The van der Waals surface area contributed by atoms with Crippen LogP contribution in [0, 0.1) is 5.92 Å². The lowest BCUT2D eigenvalue weighted by molar-refractivity contribution is -0.127. The third-order valence-electron chi connectivity index (χ3n) is 6.97. The van der Waals surface area contributed by atoms with E-state index < -0.39 is 0 Å². The molecule has 0 radical (unpaired) electrons. The van der Waals surface area contributed by atoms with Crippen LogP contribution in [-0.4, -0.2) is 74.4 Å². The van der Waals surface area contributed by atoms with Gasteiger partial charge >= 0.3 is 6.03 Å². The standard InChI is InChI=1S/C28H38N4O4/c29-13-18-36-25-10-6-9-24(19-25)27(22-7-2-1-3-8-22)23-11-16-31(17-12-23)28(34)32-15-5-4-14-30-26(33)20-35-21-32/h1-3,6-10,19,23,27H,4-5,11-18,20-21,29H2,(H,30,33). The summed E-state index contributed by atoms with van der Waals surface area (Å²) >= 11 is 0. The van der Waals surface area contributed by atoms with Gasteiger partial charge in [-0.05, 0) is 54.9 Å². The lowest BCUT2D eigenvalue weighted by atomic mass is 9.76. The first kappa shape index (κ1) is 26.0. The molecule has 0 aromatic heterocycles. The first-order valence-corrected chi connectivity index (χ1v) is 13.0. The maximum Gasteiger partial charge on any atom is 0.321 e. The number of nitrogens with one attached hydrogen (secondary N) is 1. The average molecular weight is 495 g/mol. The van der Waals surface area contributed by atoms with Gasteiger partial charge in [0.15, 0.2) is 0 Å². The predicted octanol–water partition coefficient (Wildman–Crippen LogP) is 3.17. The SMILES string of the molecule is NCCOc1cccc(C(c2ccccc2)C2CCN(C(=O)N3CCCCNC(=O)COC3)CC2)c1. The summed E-state index contributed by atoms with van der Waals surface area (Å²) in [7, 11) is 0. The van der Waals surface area contributed by atoms with Gasteiger partial charge in [0.1, 0.15) is 25.7 Å². The van der Waals surface area contributed by atoms with Gasteiger partial charge in [-0.1, -0.05) is 42.5 Å². The summed E-state index contributed by atoms with van der Waals surface area (Å²) in [5.74, 6) is 1.33. The molecular weight excluding hydrogens is 456 g/mol. The van der Waals surface area contributed by atoms with E-state index in [0.717, 1.165) is 31.4 Å². The van der Waals surface area contributed by atoms with E-state index in [4.69, 9.17) is 15.2 Å². The highest BCUT2D eigenvalue weighted by Gasteiger charge is 2.32. The molecule has 8 heteroatoms. The van der Waals surface area contributed by atoms with Crippen LogP contribution in [0.3, 0.4) is 0 Å². The first-order valence-electron chi connectivity index (χ1n) is 13.0. The fraction of sp³-hybridized carbons (Fsp3) is 0.500. The number of carbonyl (C=O) groups is 2. The Morgan fingerprint density at radius 3 is 2.58 bits per heavy atom. The zero-order valence-corrected chi connectivity index (χ0v) is 20.9. The van der Waals surface area contributed by atoms with Gasteiger partial charge in [-0.25, -0.2) is 4.79 Å². The summed E-state index contributed by atoms with van der Waals surface area (Å²) < 4.78 is 11.3. The summed E-state index contributed by atoms with van der Waals surface area (Å²) in [6.07, 6.45) is 3.52. The van der Waals surface area contributed by atoms with Crippen molar-refractivity contribution >= 4 is 11.9 Å². The minimum absolute atomic E-state index is 0.00266. The van der Waals surface area contributed by atoms with Gasteiger partial charge in [0.05, 0.1) is 0 Å². The Morgan fingerprint density at radius 1 is 1.03 bits per heavy atom. The molecule has 2 fully saturated rings. The van der Waals surface area contributed by atoms with Crippen LogP contribution in [-0.2, 0) is 9.53 Å². The van der Waals surface area contributed by atoms with Crippen molar-refractivity contribution in [2.45, 2.75) is 31.6 Å². The second kappa shape index (κ2) is 13.3. The number of nitrogens with zero attached hydrogens (tertiary/aromatic N) is 2. The summed E-state index contributed by atoms with van der Waals surface area (Å²) in [6.45, 7) is 3.76. The summed E-state index contributed by atoms with van der Waals surface area (Å²) in [6, 6.07) is 18.9. The molecule has 2 aromatic rings. The van der Waals surface area contributed by atoms with Crippen molar-refractivity contribution in [2.75, 3.05) is 52.7 Å². The lowest BCUT2D eigenvalue weighted by Crippen LogP contribution is -2.49. The zero-order valence-electron chi connectivity index (χ0n) is 20.9. The fourth-order valence-corrected chi connectivity index (χ4v) is 5.17. The Morgan fingerprint density at radius 2 is 1.81 bits per heavy atom. The number of benzene rings is 2. The second-order valence-corrected chi connectivity index (χ2v) is 9.50. The molecule has 8 nitrogen and oxygen atoms in total. The van der Waals surface area contributed by atoms with Crippen molar-refractivity contribution < 1.29 is 19.1 Å². The first-order chi connectivity index (χ1) is 17.7. The van der Waals surface area contributed by atoms with E-state index in [1.165, 1.54) is 11.1 Å². The summed E-state index contributed by atoms with van der Waals surface area (Å²) in [5.41, 5.74) is 8.13. The van der Waals surface area contributed by atoms with E-state index in [1.54, 1.807) is 4.90 Å². The van der Waals surface area contributed by atoms with Crippen LogP contribution in [0.2, 0.25) is 0 Å². The molecule has 0 saturated carbocycles. The van der Waals surface area contributed by atoms with E-state index in [-0.39, 0.29) is 31.2 Å². The minimum atomic E-state index is -0.130. The van der Waals surface area contributed by atoms with Crippen LogP contribution in [0.5, 0.6) is 5.75 Å².